The summed E-state index contributed by atoms with van der Waals surface area (Å²) in [5, 5.41) is 0. The Hall–Kier alpha value is -1.23. The number of allylic oxidation sites excluding steroid dienone is 2. The molecular weight excluding hydrogens is 338 g/mol. The fourth-order valence-corrected chi connectivity index (χ4v) is 4.04. The van der Waals surface area contributed by atoms with Crippen molar-refractivity contribution in [3.63, 3.8) is 0 Å². The van der Waals surface area contributed by atoms with Crippen molar-refractivity contribution >= 4 is 23.7 Å². The lowest BCUT2D eigenvalue weighted by Crippen LogP contribution is -2.16. The van der Waals surface area contributed by atoms with Crippen LogP contribution in [0.4, 0.5) is 0 Å². The lowest BCUT2D eigenvalue weighted by molar-refractivity contribution is 0.366. The first-order chi connectivity index (χ1) is 12.6. The molecule has 0 aromatic heterocycles. The van der Waals surface area contributed by atoms with Gasteiger partial charge in [0.2, 0.25) is 0 Å². The summed E-state index contributed by atoms with van der Waals surface area (Å²) in [7, 11) is 6.10. The van der Waals surface area contributed by atoms with E-state index in [0.29, 0.717) is 0 Å². The summed E-state index contributed by atoms with van der Waals surface area (Å²) in [6.45, 7) is 5.04. The Morgan fingerprint density at radius 3 is 2.38 bits per heavy atom. The van der Waals surface area contributed by atoms with Crippen LogP contribution in [0.15, 0.2) is 35.2 Å². The lowest BCUT2D eigenvalue weighted by Gasteiger charge is -2.20. The van der Waals surface area contributed by atoms with Crippen LogP contribution in [0.1, 0.15) is 57.1 Å². The Labute approximate surface area is 165 Å². The maximum atomic E-state index is 5.50. The van der Waals surface area contributed by atoms with E-state index in [0.717, 1.165) is 12.5 Å². The second kappa shape index (κ2) is 13.0. The van der Waals surface area contributed by atoms with Gasteiger partial charge in [-0.1, -0.05) is 49.6 Å². The standard InChI is InChI=1S/C15H22N2S.C7H15N/c1-6-9-13-12(14(7-2)17(4)5)10-8-11-15(13)18-16-3;8-6-7-4-2-1-3-5-7/h6-11,16H,1-5H3;7H,1-6,8H2/b9-6-,14-7+;. The van der Waals surface area contributed by atoms with Crippen molar-refractivity contribution in [3.05, 3.63) is 41.5 Å². The normalized spacial score (nSPS) is 15.7. The average Bonchev–Trinajstić information content (AvgIpc) is 2.66. The predicted octanol–water partition coefficient (Wildman–Crippen LogP) is 5.39. The van der Waals surface area contributed by atoms with Crippen LogP contribution < -0.4 is 10.5 Å². The highest BCUT2D eigenvalue weighted by Crippen LogP contribution is 2.30. The van der Waals surface area contributed by atoms with Gasteiger partial charge >= 0.3 is 0 Å². The van der Waals surface area contributed by atoms with Crippen molar-refractivity contribution in [2.24, 2.45) is 11.7 Å². The van der Waals surface area contributed by atoms with E-state index in [2.05, 4.69) is 74.0 Å². The molecule has 1 aliphatic rings. The fraction of sp³-hybridized carbons (Fsp3) is 0.545. The molecule has 0 heterocycles. The number of hydrogen-bond acceptors (Lipinski definition) is 4. The molecule has 1 aromatic rings. The van der Waals surface area contributed by atoms with Crippen LogP contribution in [-0.2, 0) is 0 Å². The molecule has 3 nitrogen and oxygen atoms in total. The Morgan fingerprint density at radius 2 is 1.92 bits per heavy atom. The number of nitrogens with zero attached hydrogens (tertiary/aromatic N) is 1. The highest BCUT2D eigenvalue weighted by molar-refractivity contribution is 7.97. The topological polar surface area (TPSA) is 41.3 Å². The molecule has 0 saturated heterocycles. The Balaban J connectivity index is 0.000000350. The quantitative estimate of drug-likeness (QED) is 0.654. The van der Waals surface area contributed by atoms with E-state index in [4.69, 9.17) is 5.73 Å². The summed E-state index contributed by atoms with van der Waals surface area (Å²) in [5.74, 6) is 0.865. The SMILES string of the molecule is C/C=C\c1c(SNC)cccc1/C(=C\C)N(C)C.NCC1CCCCC1. The molecule has 1 saturated carbocycles. The molecule has 4 heteroatoms. The van der Waals surface area contributed by atoms with E-state index in [1.807, 2.05) is 7.05 Å². The molecule has 0 aliphatic heterocycles. The lowest BCUT2D eigenvalue weighted by atomic mass is 9.90. The zero-order valence-electron chi connectivity index (χ0n) is 17.2. The predicted molar refractivity (Wildman–Crippen MR) is 119 cm³/mol. The molecule has 1 aromatic carbocycles. The Kier molecular flexibility index (Phi) is 11.4. The average molecular weight is 376 g/mol. The van der Waals surface area contributed by atoms with Crippen molar-refractivity contribution in [2.75, 3.05) is 27.7 Å². The van der Waals surface area contributed by atoms with Crippen LogP contribution in [0.25, 0.3) is 11.8 Å². The van der Waals surface area contributed by atoms with Gasteiger partial charge < -0.3 is 10.6 Å². The highest BCUT2D eigenvalue weighted by Gasteiger charge is 2.11. The van der Waals surface area contributed by atoms with Gasteiger partial charge in [-0.3, -0.25) is 4.72 Å². The monoisotopic (exact) mass is 375 g/mol. The third-order valence-electron chi connectivity index (χ3n) is 4.70. The molecule has 0 unspecified atom stereocenters. The molecule has 0 bridgehead atoms. The zero-order chi connectivity index (χ0) is 19.4. The van der Waals surface area contributed by atoms with E-state index in [1.54, 1.807) is 11.9 Å². The number of hydrogen-bond donors (Lipinski definition) is 2. The molecule has 26 heavy (non-hydrogen) atoms. The molecule has 0 spiro atoms. The number of rotatable bonds is 6. The van der Waals surface area contributed by atoms with Crippen molar-refractivity contribution in [3.8, 4) is 0 Å². The number of nitrogens with two attached hydrogens (primary N) is 1. The molecule has 1 fully saturated rings. The minimum absolute atomic E-state index is 0.865. The minimum atomic E-state index is 0.865. The second-order valence-corrected chi connectivity index (χ2v) is 7.88. The third-order valence-corrected chi connectivity index (χ3v) is 5.48. The number of nitrogens with one attached hydrogen (secondary N) is 1. The van der Waals surface area contributed by atoms with Crippen molar-refractivity contribution in [1.29, 1.82) is 0 Å². The van der Waals surface area contributed by atoms with Crippen molar-refractivity contribution in [2.45, 2.75) is 50.8 Å². The smallest absolute Gasteiger partial charge is 0.0397 e. The maximum Gasteiger partial charge on any atom is 0.0397 e. The summed E-state index contributed by atoms with van der Waals surface area (Å²) < 4.78 is 3.15. The Bertz CT molecular complexity index is 573. The van der Waals surface area contributed by atoms with E-state index in [1.165, 1.54) is 53.8 Å². The van der Waals surface area contributed by atoms with Gasteiger partial charge in [0.05, 0.1) is 0 Å². The van der Waals surface area contributed by atoms with Gasteiger partial charge in [-0.2, -0.15) is 0 Å². The van der Waals surface area contributed by atoms with Crippen molar-refractivity contribution in [1.82, 2.24) is 9.62 Å². The molecule has 0 amide bonds. The van der Waals surface area contributed by atoms with Gasteiger partial charge in [-0.15, -0.1) is 0 Å². The van der Waals surface area contributed by atoms with Gasteiger partial charge in [0, 0.05) is 30.3 Å². The second-order valence-electron chi connectivity index (χ2n) is 6.83. The van der Waals surface area contributed by atoms with Gasteiger partial charge in [-0.25, -0.2) is 0 Å². The van der Waals surface area contributed by atoms with Gasteiger partial charge in [0.25, 0.3) is 0 Å². The van der Waals surface area contributed by atoms with Crippen LogP contribution in [0.2, 0.25) is 0 Å². The van der Waals surface area contributed by atoms with Crippen LogP contribution in [0, 0.1) is 5.92 Å². The van der Waals surface area contributed by atoms with E-state index in [9.17, 15) is 0 Å². The Morgan fingerprint density at radius 1 is 1.23 bits per heavy atom. The first-order valence-corrected chi connectivity index (χ1v) is 10.5. The van der Waals surface area contributed by atoms with Crippen LogP contribution >= 0.6 is 11.9 Å². The molecule has 0 atom stereocenters. The van der Waals surface area contributed by atoms with Crippen LogP contribution in [0.3, 0.4) is 0 Å². The van der Waals surface area contributed by atoms with Crippen LogP contribution in [0.5, 0.6) is 0 Å². The largest absolute Gasteiger partial charge is 0.377 e. The van der Waals surface area contributed by atoms with E-state index in [-0.39, 0.29) is 0 Å². The first-order valence-electron chi connectivity index (χ1n) is 9.72. The van der Waals surface area contributed by atoms with Crippen LogP contribution in [-0.4, -0.2) is 32.6 Å². The fourth-order valence-electron chi connectivity index (χ4n) is 3.38. The molecule has 0 radical (unpaired) electrons. The summed E-state index contributed by atoms with van der Waals surface area (Å²) in [6, 6.07) is 6.42. The molecular formula is C22H37N3S. The summed E-state index contributed by atoms with van der Waals surface area (Å²) >= 11 is 1.65. The number of benzene rings is 1. The van der Waals surface area contributed by atoms with E-state index < -0.39 is 0 Å². The molecule has 146 valence electrons. The third kappa shape index (κ3) is 7.18. The highest BCUT2D eigenvalue weighted by atomic mass is 32.2. The van der Waals surface area contributed by atoms with Gasteiger partial charge in [0.1, 0.15) is 0 Å². The molecule has 2 rings (SSSR count). The van der Waals surface area contributed by atoms with Gasteiger partial charge in [-0.05, 0) is 69.8 Å². The minimum Gasteiger partial charge on any atom is -0.377 e. The van der Waals surface area contributed by atoms with Gasteiger partial charge in [0.15, 0.2) is 0 Å². The summed E-state index contributed by atoms with van der Waals surface area (Å²) in [5.41, 5.74) is 9.27. The first kappa shape index (κ1) is 22.8. The summed E-state index contributed by atoms with van der Waals surface area (Å²) in [6.07, 6.45) is 13.5. The van der Waals surface area contributed by atoms with Crippen molar-refractivity contribution < 1.29 is 0 Å². The summed E-state index contributed by atoms with van der Waals surface area (Å²) in [4.78, 5) is 3.39. The van der Waals surface area contributed by atoms with E-state index >= 15 is 0 Å². The zero-order valence-corrected chi connectivity index (χ0v) is 18.0. The molecule has 3 N–H and O–H groups in total. The maximum absolute atomic E-state index is 5.50. The molecule has 1 aliphatic carbocycles.